The number of nitrogens with two attached hydrogens (primary N) is 1. The molecule has 13 nitrogen and oxygen atoms in total. The van der Waals surface area contributed by atoms with Gasteiger partial charge in [0.1, 0.15) is 6.61 Å². The number of carbonyl (C=O) groups is 4. The molecule has 2 saturated heterocycles. The Hall–Kier alpha value is -5.22. The second kappa shape index (κ2) is 19.9. The Balaban J connectivity index is 1.08. The van der Waals surface area contributed by atoms with Gasteiger partial charge in [0.15, 0.2) is 6.10 Å². The Labute approximate surface area is 353 Å². The molecule has 60 heavy (non-hydrogen) atoms. The zero-order chi connectivity index (χ0) is 43.0. The maximum absolute atomic E-state index is 14.1. The number of amides is 4. The van der Waals surface area contributed by atoms with E-state index in [1.165, 1.54) is 15.9 Å². The van der Waals surface area contributed by atoms with E-state index in [4.69, 9.17) is 26.8 Å². The lowest BCUT2D eigenvalue weighted by Gasteiger charge is -2.39. The molecule has 0 saturated carbocycles. The molecule has 3 aromatic carbocycles. The largest absolute Gasteiger partial charge is 0.461 e. The quantitative estimate of drug-likeness (QED) is 0.141. The molecule has 0 bridgehead atoms. The van der Waals surface area contributed by atoms with Gasteiger partial charge in [-0.05, 0) is 92.4 Å². The van der Waals surface area contributed by atoms with Crippen LogP contribution in [0.3, 0.4) is 0 Å². The predicted molar refractivity (Wildman–Crippen MR) is 223 cm³/mol. The molecular formula is C43H53ClF3N7O6. The fourth-order valence-corrected chi connectivity index (χ4v) is 8.25. The van der Waals surface area contributed by atoms with Crippen molar-refractivity contribution in [3.05, 3.63) is 87.9 Å². The Morgan fingerprint density at radius 2 is 1.63 bits per heavy atom. The van der Waals surface area contributed by atoms with Gasteiger partial charge < -0.3 is 45.0 Å². The number of fused-ring (bicyclic) bond motifs is 1. The number of piperidine rings is 1. The van der Waals surface area contributed by atoms with Crippen LogP contribution in [0.4, 0.5) is 39.8 Å². The number of esters is 1. The number of anilines is 3. The van der Waals surface area contributed by atoms with Crippen molar-refractivity contribution in [2.75, 3.05) is 88.0 Å². The third-order valence-electron chi connectivity index (χ3n) is 11.4. The standard InChI is InChI=1S/C43H53ClF3N7O6/c1-3-16-50(4-2)24-25-59-40(56)31-9-11-32(12-10-31)51-20-22-52(23-21-51)39(55)37(28-29-26-34(43(45,46)47)38(48)35(44)27-29)60-42(58)53-17-14-33(15-18-53)54-19-13-30-7-5-6-8-36(30)49-41(54)57/h5-12,26-27,33,37H,3-4,13-25,28,48H2,1-2H3,(H,49,57)/t37-/m1/s1. The molecule has 6 rings (SSSR count). The van der Waals surface area contributed by atoms with Gasteiger partial charge in [0, 0.05) is 76.2 Å². The Bertz CT molecular complexity index is 1990. The van der Waals surface area contributed by atoms with Crippen LogP contribution in [-0.2, 0) is 33.3 Å². The second-order valence-electron chi connectivity index (χ2n) is 15.3. The lowest BCUT2D eigenvalue weighted by molar-refractivity contribution is -0.141. The van der Waals surface area contributed by atoms with Gasteiger partial charge in [0.2, 0.25) is 0 Å². The minimum absolute atomic E-state index is 0.0282. The number of urea groups is 1. The summed E-state index contributed by atoms with van der Waals surface area (Å²) in [5.74, 6) is -0.964. The van der Waals surface area contributed by atoms with Gasteiger partial charge in [0.25, 0.3) is 5.91 Å². The SMILES string of the molecule is CCCN(CC)CCOC(=O)c1ccc(N2CCN(C(=O)[C@@H](Cc3cc(Cl)c(N)c(C(F)(F)F)c3)OC(=O)N3CCC(N4CCc5ccccc5NC4=O)CC3)CC2)cc1. The molecule has 3 heterocycles. The van der Waals surface area contributed by atoms with E-state index in [0.29, 0.717) is 57.6 Å². The van der Waals surface area contributed by atoms with Crippen molar-refractivity contribution < 1.29 is 41.8 Å². The number of para-hydroxylation sites is 1. The summed E-state index contributed by atoms with van der Waals surface area (Å²) >= 11 is 6.14. The number of piperazine rings is 1. The molecule has 0 unspecified atom stereocenters. The zero-order valence-corrected chi connectivity index (χ0v) is 34.8. The van der Waals surface area contributed by atoms with Gasteiger partial charge in [-0.15, -0.1) is 0 Å². The van der Waals surface area contributed by atoms with Gasteiger partial charge in [0.05, 0.1) is 21.8 Å². The van der Waals surface area contributed by atoms with Crippen molar-refractivity contribution in [2.45, 2.75) is 64.3 Å². The average molecular weight is 856 g/mol. The van der Waals surface area contributed by atoms with E-state index in [-0.39, 0.29) is 55.3 Å². The van der Waals surface area contributed by atoms with Crippen molar-refractivity contribution in [2.24, 2.45) is 0 Å². The van der Waals surface area contributed by atoms with Crippen LogP contribution in [0.25, 0.3) is 0 Å². The number of nitrogens with zero attached hydrogens (tertiary/aromatic N) is 5. The van der Waals surface area contributed by atoms with Gasteiger partial charge in [-0.3, -0.25) is 4.79 Å². The topological polar surface area (TPSA) is 141 Å². The van der Waals surface area contributed by atoms with Crippen LogP contribution in [0.5, 0.6) is 0 Å². The minimum atomic E-state index is -4.81. The maximum Gasteiger partial charge on any atom is 0.418 e. The fraction of sp³-hybridized carbons (Fsp3) is 0.488. The van der Waals surface area contributed by atoms with E-state index in [1.807, 2.05) is 41.3 Å². The maximum atomic E-state index is 14.1. The number of halogens is 4. The first-order valence-corrected chi connectivity index (χ1v) is 20.9. The monoisotopic (exact) mass is 855 g/mol. The lowest BCUT2D eigenvalue weighted by atomic mass is 10.0. The molecule has 17 heteroatoms. The number of hydrogen-bond acceptors (Lipinski definition) is 9. The molecule has 2 fully saturated rings. The van der Waals surface area contributed by atoms with Crippen LogP contribution in [0, 0.1) is 0 Å². The van der Waals surface area contributed by atoms with Crippen molar-refractivity contribution in [1.29, 1.82) is 0 Å². The molecule has 0 radical (unpaired) electrons. The zero-order valence-electron chi connectivity index (χ0n) is 34.0. The van der Waals surface area contributed by atoms with Gasteiger partial charge in [-0.2, -0.15) is 13.2 Å². The number of benzene rings is 3. The summed E-state index contributed by atoms with van der Waals surface area (Å²) in [6.07, 6.45) is -4.78. The van der Waals surface area contributed by atoms with Crippen LogP contribution in [-0.4, -0.2) is 128 Å². The summed E-state index contributed by atoms with van der Waals surface area (Å²) in [4.78, 5) is 62.7. The van der Waals surface area contributed by atoms with E-state index in [1.54, 1.807) is 17.0 Å². The van der Waals surface area contributed by atoms with E-state index < -0.39 is 41.5 Å². The molecule has 0 aromatic heterocycles. The summed E-state index contributed by atoms with van der Waals surface area (Å²) in [5.41, 5.74) is 7.01. The highest BCUT2D eigenvalue weighted by atomic mass is 35.5. The number of likely N-dealkylation sites (tertiary alicyclic amines) is 1. The average Bonchev–Trinajstić information content (AvgIpc) is 3.41. The number of likely N-dealkylation sites (N-methyl/N-ethyl adjacent to an activating group) is 1. The summed E-state index contributed by atoms with van der Waals surface area (Å²) < 4.78 is 53.1. The smallest absolute Gasteiger partial charge is 0.418 e. The summed E-state index contributed by atoms with van der Waals surface area (Å²) in [5, 5.41) is 2.65. The van der Waals surface area contributed by atoms with Crippen molar-refractivity contribution in [3.8, 4) is 0 Å². The first kappa shape index (κ1) is 44.3. The highest BCUT2D eigenvalue weighted by Crippen LogP contribution is 2.38. The van der Waals surface area contributed by atoms with Gasteiger partial charge in [-0.1, -0.05) is 43.6 Å². The van der Waals surface area contributed by atoms with Crippen LogP contribution < -0.4 is 16.0 Å². The lowest BCUT2D eigenvalue weighted by Crippen LogP contribution is -2.54. The van der Waals surface area contributed by atoms with Crippen molar-refractivity contribution in [3.63, 3.8) is 0 Å². The molecule has 3 aliphatic rings. The Morgan fingerprint density at radius 1 is 0.933 bits per heavy atom. The highest BCUT2D eigenvalue weighted by molar-refractivity contribution is 6.33. The Kier molecular flexibility index (Phi) is 14.7. The van der Waals surface area contributed by atoms with Crippen LogP contribution in [0.15, 0.2) is 60.7 Å². The molecule has 3 aliphatic heterocycles. The van der Waals surface area contributed by atoms with Crippen LogP contribution in [0.1, 0.15) is 60.2 Å². The number of rotatable bonds is 13. The molecule has 4 amide bonds. The predicted octanol–water partition coefficient (Wildman–Crippen LogP) is 6.78. The van der Waals surface area contributed by atoms with Crippen LogP contribution >= 0.6 is 11.6 Å². The van der Waals surface area contributed by atoms with E-state index in [2.05, 4.69) is 24.1 Å². The number of nitrogens with one attached hydrogen (secondary N) is 1. The summed E-state index contributed by atoms with van der Waals surface area (Å²) in [6, 6.07) is 16.4. The second-order valence-corrected chi connectivity index (χ2v) is 15.7. The molecule has 3 aromatic rings. The number of ether oxygens (including phenoxy) is 2. The first-order chi connectivity index (χ1) is 28.7. The molecular weight excluding hydrogens is 803 g/mol. The number of alkyl halides is 3. The third kappa shape index (κ3) is 10.9. The van der Waals surface area contributed by atoms with Crippen molar-refractivity contribution in [1.82, 2.24) is 19.6 Å². The molecule has 0 aliphatic carbocycles. The fourth-order valence-electron chi connectivity index (χ4n) is 8.01. The summed E-state index contributed by atoms with van der Waals surface area (Å²) in [7, 11) is 0. The third-order valence-corrected chi connectivity index (χ3v) is 11.7. The number of carbonyl (C=O) groups excluding carboxylic acids is 4. The molecule has 324 valence electrons. The van der Waals surface area contributed by atoms with Gasteiger partial charge >= 0.3 is 24.3 Å². The van der Waals surface area contributed by atoms with Gasteiger partial charge in [-0.25, -0.2) is 14.4 Å². The van der Waals surface area contributed by atoms with E-state index >= 15 is 0 Å². The number of nitrogen functional groups attached to an aromatic ring is 1. The Morgan fingerprint density at radius 3 is 2.30 bits per heavy atom. The highest BCUT2D eigenvalue weighted by Gasteiger charge is 2.38. The molecule has 0 spiro atoms. The first-order valence-electron chi connectivity index (χ1n) is 20.5. The molecule has 3 N–H and O–H groups in total. The summed E-state index contributed by atoms with van der Waals surface area (Å²) in [6.45, 7) is 9.26. The molecule has 1 atom stereocenters. The van der Waals surface area contributed by atoms with Crippen molar-refractivity contribution >= 4 is 52.7 Å². The minimum Gasteiger partial charge on any atom is -0.461 e. The number of hydrogen-bond donors (Lipinski definition) is 2. The normalized spacial score (nSPS) is 16.9. The van der Waals surface area contributed by atoms with Crippen LogP contribution in [0.2, 0.25) is 5.02 Å². The van der Waals surface area contributed by atoms with E-state index in [9.17, 15) is 32.3 Å². The van der Waals surface area contributed by atoms with E-state index in [0.717, 1.165) is 42.5 Å².